The Labute approximate surface area is 242 Å². The SMILES string of the molecule is C[NH2+]c1c(C(C)=N)ncnc1-c1cc(NC(=O)c2ccc(Cl)cn2)nc(NC(=O)C(C)N(C)C(=O)OC(C)(C)C)c1. The molecule has 3 rings (SSSR count). The molecule has 0 saturated heterocycles. The number of ether oxygens (including phenoxy) is 1. The van der Waals surface area contributed by atoms with Gasteiger partial charge < -0.3 is 26.1 Å². The number of likely N-dealkylation sites (N-methyl/N-ethyl adjacent to an activating group) is 1. The smallest absolute Gasteiger partial charge is 0.410 e. The summed E-state index contributed by atoms with van der Waals surface area (Å²) in [6.07, 6.45) is 2.02. The van der Waals surface area contributed by atoms with Gasteiger partial charge in [-0.05, 0) is 58.9 Å². The van der Waals surface area contributed by atoms with Crippen molar-refractivity contribution in [3.05, 3.63) is 53.2 Å². The predicted octanol–water partition coefficient (Wildman–Crippen LogP) is 3.25. The van der Waals surface area contributed by atoms with Gasteiger partial charge >= 0.3 is 6.09 Å². The fourth-order valence-corrected chi connectivity index (χ4v) is 3.69. The number of halogens is 1. The normalized spacial score (nSPS) is 11.8. The molecule has 1 unspecified atom stereocenters. The van der Waals surface area contributed by atoms with Crippen molar-refractivity contribution in [2.24, 2.45) is 0 Å². The van der Waals surface area contributed by atoms with Gasteiger partial charge in [-0.15, -0.1) is 0 Å². The van der Waals surface area contributed by atoms with Gasteiger partial charge in [0.2, 0.25) is 5.91 Å². The van der Waals surface area contributed by atoms with Crippen LogP contribution in [-0.2, 0) is 9.53 Å². The van der Waals surface area contributed by atoms with E-state index in [1.54, 1.807) is 59.1 Å². The first-order chi connectivity index (χ1) is 19.2. The Morgan fingerprint density at radius 1 is 1.10 bits per heavy atom. The van der Waals surface area contributed by atoms with Gasteiger partial charge in [0, 0.05) is 18.8 Å². The van der Waals surface area contributed by atoms with Crippen molar-refractivity contribution in [3.8, 4) is 11.3 Å². The third-order valence-corrected chi connectivity index (χ3v) is 5.94. The number of nitrogens with two attached hydrogens (primary N) is 1. The number of hydrogen-bond acceptors (Lipinski definition) is 9. The lowest BCUT2D eigenvalue weighted by atomic mass is 10.1. The molecule has 3 aromatic rings. The molecule has 0 bridgehead atoms. The van der Waals surface area contributed by atoms with Crippen molar-refractivity contribution in [3.63, 3.8) is 0 Å². The van der Waals surface area contributed by atoms with E-state index in [4.69, 9.17) is 21.7 Å². The molecular formula is C27H33ClN9O4+. The number of nitrogens with zero attached hydrogens (tertiary/aromatic N) is 5. The van der Waals surface area contributed by atoms with E-state index in [2.05, 4.69) is 30.6 Å². The molecule has 0 spiro atoms. The van der Waals surface area contributed by atoms with Gasteiger partial charge in [-0.2, -0.15) is 0 Å². The van der Waals surface area contributed by atoms with E-state index in [9.17, 15) is 14.4 Å². The molecule has 3 heterocycles. The molecule has 41 heavy (non-hydrogen) atoms. The molecule has 13 nitrogen and oxygen atoms in total. The Hall–Kier alpha value is -4.49. The van der Waals surface area contributed by atoms with Crippen LogP contribution in [0, 0.1) is 5.41 Å². The summed E-state index contributed by atoms with van der Waals surface area (Å²) in [6.45, 7) is 8.36. The number of nitrogens with one attached hydrogen (secondary N) is 3. The van der Waals surface area contributed by atoms with Crippen LogP contribution in [0.3, 0.4) is 0 Å². The van der Waals surface area contributed by atoms with Gasteiger partial charge in [-0.1, -0.05) is 11.6 Å². The summed E-state index contributed by atoms with van der Waals surface area (Å²) < 4.78 is 5.36. The van der Waals surface area contributed by atoms with Crippen LogP contribution in [0.1, 0.15) is 50.8 Å². The zero-order valence-electron chi connectivity index (χ0n) is 23.9. The maximum absolute atomic E-state index is 13.2. The number of carbonyl (C=O) groups excluding carboxylic acids is 3. The molecule has 0 fully saturated rings. The number of anilines is 2. The fraction of sp³-hybridized carbons (Fsp3) is 0.333. The van der Waals surface area contributed by atoms with E-state index in [-0.39, 0.29) is 23.0 Å². The molecule has 3 amide bonds. The molecule has 0 saturated carbocycles. The molecule has 0 aliphatic rings. The van der Waals surface area contributed by atoms with Crippen LogP contribution in [0.15, 0.2) is 36.8 Å². The first-order valence-electron chi connectivity index (χ1n) is 12.6. The molecule has 0 aliphatic heterocycles. The predicted molar refractivity (Wildman–Crippen MR) is 155 cm³/mol. The van der Waals surface area contributed by atoms with Crippen LogP contribution in [0.2, 0.25) is 5.02 Å². The minimum Gasteiger partial charge on any atom is -0.444 e. The summed E-state index contributed by atoms with van der Waals surface area (Å²) in [4.78, 5) is 56.8. The van der Waals surface area contributed by atoms with E-state index < -0.39 is 29.6 Å². The highest BCUT2D eigenvalue weighted by atomic mass is 35.5. The van der Waals surface area contributed by atoms with Crippen molar-refractivity contribution < 1.29 is 24.4 Å². The summed E-state index contributed by atoms with van der Waals surface area (Å²) in [5, 5.41) is 15.6. The van der Waals surface area contributed by atoms with Crippen molar-refractivity contribution >= 4 is 52.5 Å². The van der Waals surface area contributed by atoms with Gasteiger partial charge in [0.25, 0.3) is 5.91 Å². The number of carbonyl (C=O) groups is 3. The van der Waals surface area contributed by atoms with E-state index in [1.807, 2.05) is 0 Å². The minimum absolute atomic E-state index is 0.0881. The van der Waals surface area contributed by atoms with Crippen LogP contribution >= 0.6 is 11.6 Å². The minimum atomic E-state index is -0.919. The molecule has 0 aliphatic carbocycles. The fourth-order valence-electron chi connectivity index (χ4n) is 3.58. The van der Waals surface area contributed by atoms with Crippen molar-refractivity contribution in [1.29, 1.82) is 5.41 Å². The number of hydrogen-bond donors (Lipinski definition) is 4. The maximum Gasteiger partial charge on any atom is 0.410 e. The standard InChI is InChI=1S/C27H32ClN9O4/c1-14(29)21-23(30-6)22(33-13-32-21)16-10-19(35-24(38)15(2)37(7)26(40)41-27(3,4)5)34-20(11-16)36-25(39)18-9-8-17(28)12-31-18/h8-13,15,29-30H,1-7H3,(H2,34,35,36,38,39)/p+1. The van der Waals surface area contributed by atoms with Gasteiger partial charge in [-0.3, -0.25) is 14.5 Å². The van der Waals surface area contributed by atoms with Crippen LogP contribution in [0.5, 0.6) is 0 Å². The Morgan fingerprint density at radius 2 is 1.76 bits per heavy atom. The molecule has 0 aromatic carbocycles. The van der Waals surface area contributed by atoms with Crippen molar-refractivity contribution in [2.75, 3.05) is 24.7 Å². The van der Waals surface area contributed by atoms with E-state index in [0.717, 1.165) is 0 Å². The molecule has 0 radical (unpaired) electrons. The van der Waals surface area contributed by atoms with Crippen LogP contribution in [0.4, 0.5) is 22.1 Å². The quantitative estimate of drug-likeness (QED) is 0.292. The number of amides is 3. The topological polar surface area (TPSA) is 180 Å². The van der Waals surface area contributed by atoms with Crippen LogP contribution in [0.25, 0.3) is 11.3 Å². The summed E-state index contributed by atoms with van der Waals surface area (Å²) in [7, 11) is 3.25. The maximum atomic E-state index is 13.2. The second kappa shape index (κ2) is 12.8. The first kappa shape index (κ1) is 31.0. The Morgan fingerprint density at radius 3 is 2.32 bits per heavy atom. The first-order valence-corrected chi connectivity index (χ1v) is 13.0. The second-order valence-electron chi connectivity index (χ2n) is 10.1. The molecule has 1 atom stereocenters. The van der Waals surface area contributed by atoms with Crippen LogP contribution < -0.4 is 16.0 Å². The third kappa shape index (κ3) is 8.02. The Kier molecular flexibility index (Phi) is 9.68. The molecule has 3 aromatic heterocycles. The summed E-state index contributed by atoms with van der Waals surface area (Å²) in [5.41, 5.74) is 1.59. The van der Waals surface area contributed by atoms with Gasteiger partial charge in [0.1, 0.15) is 46.7 Å². The summed E-state index contributed by atoms with van der Waals surface area (Å²) in [5.74, 6) is -0.908. The van der Waals surface area contributed by atoms with Crippen molar-refractivity contribution in [2.45, 2.75) is 46.3 Å². The number of pyridine rings is 2. The molecule has 5 N–H and O–H groups in total. The molecule has 216 valence electrons. The monoisotopic (exact) mass is 582 g/mol. The summed E-state index contributed by atoms with van der Waals surface area (Å²) in [6, 6.07) is 5.24. The van der Waals surface area contributed by atoms with E-state index in [0.29, 0.717) is 27.7 Å². The van der Waals surface area contributed by atoms with Crippen LogP contribution in [-0.4, -0.2) is 74.2 Å². The largest absolute Gasteiger partial charge is 0.444 e. The highest BCUT2D eigenvalue weighted by molar-refractivity contribution is 6.30. The molecular weight excluding hydrogens is 550 g/mol. The lowest BCUT2D eigenvalue weighted by molar-refractivity contribution is -0.539. The highest BCUT2D eigenvalue weighted by Gasteiger charge is 2.28. The average Bonchev–Trinajstić information content (AvgIpc) is 2.90. The van der Waals surface area contributed by atoms with E-state index >= 15 is 0 Å². The Bertz CT molecular complexity index is 1470. The third-order valence-electron chi connectivity index (χ3n) is 5.72. The second-order valence-corrected chi connectivity index (χ2v) is 10.5. The lowest BCUT2D eigenvalue weighted by Crippen LogP contribution is -2.73. The molecule has 14 heteroatoms. The lowest BCUT2D eigenvalue weighted by Gasteiger charge is -2.28. The average molecular weight is 583 g/mol. The summed E-state index contributed by atoms with van der Waals surface area (Å²) >= 11 is 5.89. The van der Waals surface area contributed by atoms with Gasteiger partial charge in [-0.25, -0.2) is 24.7 Å². The Balaban J connectivity index is 2.01. The number of aromatic nitrogens is 4. The zero-order chi connectivity index (χ0) is 30.5. The number of rotatable bonds is 8. The van der Waals surface area contributed by atoms with Gasteiger partial charge in [0.05, 0.1) is 17.8 Å². The zero-order valence-corrected chi connectivity index (χ0v) is 24.6. The van der Waals surface area contributed by atoms with Gasteiger partial charge in [0.15, 0.2) is 5.69 Å². The highest BCUT2D eigenvalue weighted by Crippen LogP contribution is 2.29. The van der Waals surface area contributed by atoms with Crippen molar-refractivity contribution in [1.82, 2.24) is 24.8 Å². The number of quaternary nitrogens is 1. The van der Waals surface area contributed by atoms with E-state index in [1.165, 1.54) is 36.6 Å².